The monoisotopic (exact) mass is 457 g/mol. The summed E-state index contributed by atoms with van der Waals surface area (Å²) < 4.78 is 30.1. The first-order valence-corrected chi connectivity index (χ1v) is 12.4. The smallest absolute Gasteiger partial charge is 0.290 e. The minimum Gasteiger partial charge on any atom is -0.451 e. The number of halogens is 1. The molecule has 0 spiro atoms. The van der Waals surface area contributed by atoms with E-state index in [0.717, 1.165) is 16.5 Å². The normalized spacial score (nSPS) is 18.1. The lowest BCUT2D eigenvalue weighted by Crippen LogP contribution is -2.41. The molecule has 0 aliphatic carbocycles. The van der Waals surface area contributed by atoms with Crippen molar-refractivity contribution in [2.45, 2.75) is 26.3 Å². The number of aryl methyl sites for hydroxylation is 2. The first-order chi connectivity index (χ1) is 14.7. The Hall–Kier alpha value is -2.57. The summed E-state index contributed by atoms with van der Waals surface area (Å²) in [4.78, 5) is 15.1. The molecular formula is C24H24ClNO4S. The van der Waals surface area contributed by atoms with E-state index in [1.165, 1.54) is 0 Å². The largest absolute Gasteiger partial charge is 0.451 e. The highest BCUT2D eigenvalue weighted by molar-refractivity contribution is 7.91. The van der Waals surface area contributed by atoms with Crippen molar-refractivity contribution in [2.75, 3.05) is 18.1 Å². The number of hydrogen-bond donors (Lipinski definition) is 0. The number of benzene rings is 2. The van der Waals surface area contributed by atoms with Crippen LogP contribution in [0.1, 0.15) is 33.7 Å². The van der Waals surface area contributed by atoms with Gasteiger partial charge in [-0.1, -0.05) is 54.1 Å². The molecule has 1 unspecified atom stereocenters. The Morgan fingerprint density at radius 2 is 1.97 bits per heavy atom. The van der Waals surface area contributed by atoms with Crippen molar-refractivity contribution in [2.24, 2.45) is 0 Å². The maximum absolute atomic E-state index is 13.5. The van der Waals surface area contributed by atoms with Gasteiger partial charge in [0.2, 0.25) is 0 Å². The van der Waals surface area contributed by atoms with Crippen LogP contribution in [0.25, 0.3) is 17.0 Å². The summed E-state index contributed by atoms with van der Waals surface area (Å²) in [5.41, 5.74) is 3.19. The lowest BCUT2D eigenvalue weighted by molar-refractivity contribution is 0.0689. The minimum absolute atomic E-state index is 0.0257. The van der Waals surface area contributed by atoms with Gasteiger partial charge in [0, 0.05) is 28.6 Å². The van der Waals surface area contributed by atoms with Gasteiger partial charge in [0.1, 0.15) is 5.58 Å². The Morgan fingerprint density at radius 1 is 1.23 bits per heavy atom. The molecule has 1 aromatic heterocycles. The van der Waals surface area contributed by atoms with E-state index in [9.17, 15) is 13.2 Å². The van der Waals surface area contributed by atoms with Crippen molar-refractivity contribution in [1.82, 2.24) is 4.90 Å². The van der Waals surface area contributed by atoms with E-state index in [1.807, 2.05) is 68.5 Å². The van der Waals surface area contributed by atoms with Crippen LogP contribution >= 0.6 is 11.6 Å². The number of furan rings is 1. The molecule has 0 radical (unpaired) electrons. The number of carbonyl (C=O) groups is 1. The number of fused-ring (bicyclic) bond motifs is 1. The molecule has 2 heterocycles. The molecule has 162 valence electrons. The van der Waals surface area contributed by atoms with Crippen LogP contribution in [0.2, 0.25) is 5.02 Å². The van der Waals surface area contributed by atoms with Gasteiger partial charge in [-0.2, -0.15) is 0 Å². The Kier molecular flexibility index (Phi) is 5.95. The Morgan fingerprint density at radius 3 is 2.65 bits per heavy atom. The quantitative estimate of drug-likeness (QED) is 0.538. The van der Waals surface area contributed by atoms with Crippen molar-refractivity contribution in [1.29, 1.82) is 0 Å². The number of carbonyl (C=O) groups excluding carboxylic acids is 1. The molecule has 0 saturated carbocycles. The second-order valence-corrected chi connectivity index (χ2v) is 10.6. The van der Waals surface area contributed by atoms with E-state index < -0.39 is 9.84 Å². The fourth-order valence-corrected chi connectivity index (χ4v) is 5.86. The minimum atomic E-state index is -3.15. The Bertz CT molecular complexity index is 1260. The van der Waals surface area contributed by atoms with Gasteiger partial charge in [0.05, 0.1) is 11.5 Å². The van der Waals surface area contributed by atoms with Gasteiger partial charge in [-0.3, -0.25) is 4.79 Å². The zero-order chi connectivity index (χ0) is 22.2. The predicted octanol–water partition coefficient (Wildman–Crippen LogP) is 5.05. The third-order valence-electron chi connectivity index (χ3n) is 5.73. The summed E-state index contributed by atoms with van der Waals surface area (Å²) in [6.07, 6.45) is 4.24. The van der Waals surface area contributed by atoms with Crippen LogP contribution in [0.3, 0.4) is 0 Å². The van der Waals surface area contributed by atoms with Crippen molar-refractivity contribution < 1.29 is 17.6 Å². The molecule has 1 aliphatic rings. The van der Waals surface area contributed by atoms with E-state index >= 15 is 0 Å². The summed E-state index contributed by atoms with van der Waals surface area (Å²) in [5.74, 6) is -0.00348. The second-order valence-electron chi connectivity index (χ2n) is 7.98. The van der Waals surface area contributed by atoms with Crippen LogP contribution in [0.5, 0.6) is 0 Å². The average Bonchev–Trinajstić information content (AvgIpc) is 3.25. The van der Waals surface area contributed by atoms with E-state index in [4.69, 9.17) is 16.0 Å². The summed E-state index contributed by atoms with van der Waals surface area (Å²) >= 11 is 6.26. The number of hydrogen-bond acceptors (Lipinski definition) is 4. The molecule has 2 aromatic carbocycles. The van der Waals surface area contributed by atoms with Crippen LogP contribution < -0.4 is 0 Å². The Balaban J connectivity index is 1.67. The van der Waals surface area contributed by atoms with E-state index in [-0.39, 0.29) is 29.2 Å². The van der Waals surface area contributed by atoms with Gasteiger partial charge in [-0.25, -0.2) is 8.42 Å². The number of rotatable bonds is 5. The molecular weight excluding hydrogens is 434 g/mol. The average molecular weight is 458 g/mol. The summed E-state index contributed by atoms with van der Waals surface area (Å²) in [6, 6.07) is 13.0. The van der Waals surface area contributed by atoms with Gasteiger partial charge in [0.25, 0.3) is 5.91 Å². The molecule has 3 aromatic rings. The highest BCUT2D eigenvalue weighted by Gasteiger charge is 2.36. The van der Waals surface area contributed by atoms with Gasteiger partial charge >= 0.3 is 0 Å². The van der Waals surface area contributed by atoms with Gasteiger partial charge in [-0.05, 0) is 43.5 Å². The maximum atomic E-state index is 13.5. The molecule has 4 rings (SSSR count). The number of nitrogens with zero attached hydrogens (tertiary/aromatic N) is 1. The zero-order valence-electron chi connectivity index (χ0n) is 17.5. The second kappa shape index (κ2) is 8.52. The lowest BCUT2D eigenvalue weighted by atomic mass is 10.1. The van der Waals surface area contributed by atoms with E-state index in [1.54, 1.807) is 4.90 Å². The van der Waals surface area contributed by atoms with Crippen LogP contribution in [0.15, 0.2) is 53.0 Å². The Labute approximate surface area is 187 Å². The zero-order valence-corrected chi connectivity index (χ0v) is 19.0. The van der Waals surface area contributed by atoms with Crippen LogP contribution in [-0.2, 0) is 9.84 Å². The number of amides is 1. The highest BCUT2D eigenvalue weighted by Crippen LogP contribution is 2.32. The van der Waals surface area contributed by atoms with E-state index in [2.05, 4.69) is 0 Å². The third-order valence-corrected chi connectivity index (χ3v) is 7.89. The summed E-state index contributed by atoms with van der Waals surface area (Å²) in [6.45, 7) is 4.00. The lowest BCUT2D eigenvalue weighted by Gasteiger charge is -2.26. The molecule has 1 amide bonds. The molecule has 5 nitrogen and oxygen atoms in total. The van der Waals surface area contributed by atoms with E-state index in [0.29, 0.717) is 29.1 Å². The molecule has 7 heteroatoms. The SMILES string of the molecule is Cc1cc2oc(C(=O)N(C/C=C/c3ccccc3)C3CCS(=O)(=O)C3)c(C)c2cc1Cl. The maximum Gasteiger partial charge on any atom is 0.290 e. The predicted molar refractivity (Wildman–Crippen MR) is 124 cm³/mol. The fourth-order valence-electron chi connectivity index (χ4n) is 3.96. The molecule has 1 saturated heterocycles. The standard InChI is InChI=1S/C24H24ClNO4S/c1-16-13-22-20(14-21(16)25)17(2)23(30-22)24(27)26(19-10-12-31(28,29)15-19)11-6-9-18-7-4-3-5-8-18/h3-9,13-14,19H,10-12,15H2,1-2H3/b9-6+. The molecule has 31 heavy (non-hydrogen) atoms. The van der Waals surface area contributed by atoms with Crippen LogP contribution in [-0.4, -0.2) is 43.3 Å². The highest BCUT2D eigenvalue weighted by atomic mass is 35.5. The van der Waals surface area contributed by atoms with Crippen molar-refractivity contribution >= 4 is 44.4 Å². The first kappa shape index (κ1) is 21.7. The third kappa shape index (κ3) is 4.55. The molecule has 0 bridgehead atoms. The van der Waals surface area contributed by atoms with Gasteiger partial charge in [-0.15, -0.1) is 0 Å². The van der Waals surface area contributed by atoms with Crippen molar-refractivity contribution in [3.63, 3.8) is 0 Å². The van der Waals surface area contributed by atoms with Crippen LogP contribution in [0, 0.1) is 13.8 Å². The van der Waals surface area contributed by atoms with Gasteiger partial charge in [0.15, 0.2) is 15.6 Å². The molecule has 1 fully saturated rings. The molecule has 0 N–H and O–H groups in total. The van der Waals surface area contributed by atoms with Crippen molar-refractivity contribution in [3.05, 3.63) is 76.0 Å². The van der Waals surface area contributed by atoms with Crippen LogP contribution in [0.4, 0.5) is 0 Å². The topological polar surface area (TPSA) is 67.6 Å². The number of sulfone groups is 1. The summed E-state index contributed by atoms with van der Waals surface area (Å²) in [5, 5.41) is 1.40. The summed E-state index contributed by atoms with van der Waals surface area (Å²) in [7, 11) is -3.15. The molecule has 1 aliphatic heterocycles. The first-order valence-electron chi connectivity index (χ1n) is 10.2. The fraction of sp³-hybridized carbons (Fsp3) is 0.292. The van der Waals surface area contributed by atoms with Crippen molar-refractivity contribution in [3.8, 4) is 0 Å². The van der Waals surface area contributed by atoms with Gasteiger partial charge < -0.3 is 9.32 Å². The molecule has 1 atom stereocenters.